The minimum atomic E-state index is -0.792. The lowest BCUT2D eigenvalue weighted by molar-refractivity contribution is -0.120. The Bertz CT molecular complexity index is 516. The van der Waals surface area contributed by atoms with Gasteiger partial charge >= 0.3 is 0 Å². The Morgan fingerprint density at radius 1 is 1.21 bits per heavy atom. The second-order valence-corrected chi connectivity index (χ2v) is 4.64. The fourth-order valence-corrected chi connectivity index (χ4v) is 2.30. The molecule has 0 heterocycles. The second kappa shape index (κ2) is 5.47. The van der Waals surface area contributed by atoms with Gasteiger partial charge in [-0.15, -0.1) is 0 Å². The van der Waals surface area contributed by atoms with E-state index in [1.54, 1.807) is 0 Å². The first-order valence-electron chi connectivity index (χ1n) is 6.12. The molecule has 0 radical (unpaired) electrons. The summed E-state index contributed by atoms with van der Waals surface area (Å²) in [5.41, 5.74) is -0.266. The van der Waals surface area contributed by atoms with Crippen LogP contribution in [0.5, 0.6) is 5.75 Å². The zero-order valence-electron chi connectivity index (χ0n) is 10.5. The van der Waals surface area contributed by atoms with Gasteiger partial charge in [-0.1, -0.05) is 0 Å². The molecular formula is C14H14F2O3. The predicted octanol–water partition coefficient (Wildman–Crippen LogP) is 2.92. The molecule has 1 aromatic carbocycles. The summed E-state index contributed by atoms with van der Waals surface area (Å²) in [5.74, 6) is -2.51. The standard InChI is InChI=1S/C14H14F2O3/c1-19-13-7-11(15)10(6-12(13)16)14(18)8-2-4-9(17)5-3-8/h6-8H,2-5H2,1H3. The van der Waals surface area contributed by atoms with E-state index in [4.69, 9.17) is 0 Å². The Labute approximate surface area is 109 Å². The summed E-state index contributed by atoms with van der Waals surface area (Å²) >= 11 is 0. The average molecular weight is 268 g/mol. The quantitative estimate of drug-likeness (QED) is 0.792. The highest BCUT2D eigenvalue weighted by atomic mass is 19.1. The highest BCUT2D eigenvalue weighted by Gasteiger charge is 2.28. The summed E-state index contributed by atoms with van der Waals surface area (Å²) in [6, 6.07) is 1.74. The van der Waals surface area contributed by atoms with Gasteiger partial charge in [0.1, 0.15) is 11.6 Å². The largest absolute Gasteiger partial charge is 0.494 e. The number of Topliss-reactive ketones (excluding diaryl/α,β-unsaturated/α-hetero) is 2. The molecule has 0 bridgehead atoms. The Balaban J connectivity index is 2.24. The van der Waals surface area contributed by atoms with Crippen LogP contribution in [0.3, 0.4) is 0 Å². The zero-order chi connectivity index (χ0) is 14.0. The summed E-state index contributed by atoms with van der Waals surface area (Å²) in [6.07, 6.45) is 1.48. The summed E-state index contributed by atoms with van der Waals surface area (Å²) in [7, 11) is 1.23. The van der Waals surface area contributed by atoms with Gasteiger partial charge in [0.15, 0.2) is 17.3 Å². The normalized spacial score (nSPS) is 16.5. The third kappa shape index (κ3) is 2.80. The maximum absolute atomic E-state index is 13.8. The molecule has 19 heavy (non-hydrogen) atoms. The van der Waals surface area contributed by atoms with Gasteiger partial charge in [0.25, 0.3) is 0 Å². The molecule has 5 heteroatoms. The summed E-state index contributed by atoms with van der Waals surface area (Å²) in [6.45, 7) is 0. The lowest BCUT2D eigenvalue weighted by Gasteiger charge is -2.20. The van der Waals surface area contributed by atoms with Crippen LogP contribution in [0, 0.1) is 17.6 Å². The molecule has 0 atom stereocenters. The third-order valence-corrected chi connectivity index (χ3v) is 3.42. The lowest BCUT2D eigenvalue weighted by atomic mass is 9.83. The maximum Gasteiger partial charge on any atom is 0.169 e. The van der Waals surface area contributed by atoms with Gasteiger partial charge < -0.3 is 4.74 Å². The SMILES string of the molecule is COc1cc(F)c(C(=O)C2CCC(=O)CC2)cc1F. The molecular weight excluding hydrogens is 254 g/mol. The fourth-order valence-electron chi connectivity index (χ4n) is 2.30. The maximum atomic E-state index is 13.8. The first-order valence-corrected chi connectivity index (χ1v) is 6.12. The van der Waals surface area contributed by atoms with E-state index in [9.17, 15) is 18.4 Å². The van der Waals surface area contributed by atoms with Crippen LogP contribution in [-0.4, -0.2) is 18.7 Å². The van der Waals surface area contributed by atoms with Crippen molar-refractivity contribution in [1.29, 1.82) is 0 Å². The monoisotopic (exact) mass is 268 g/mol. The number of rotatable bonds is 3. The molecule has 3 nitrogen and oxygen atoms in total. The minimum absolute atomic E-state index is 0.116. The van der Waals surface area contributed by atoms with Crippen LogP contribution in [0.2, 0.25) is 0 Å². The van der Waals surface area contributed by atoms with Gasteiger partial charge in [-0.2, -0.15) is 0 Å². The molecule has 0 saturated heterocycles. The lowest BCUT2D eigenvalue weighted by Crippen LogP contribution is -2.22. The summed E-state index contributed by atoms with van der Waals surface area (Å²) < 4.78 is 31.9. The van der Waals surface area contributed by atoms with Crippen LogP contribution in [0.4, 0.5) is 8.78 Å². The summed E-state index contributed by atoms with van der Waals surface area (Å²) in [5, 5.41) is 0. The van der Waals surface area contributed by atoms with Gasteiger partial charge in [0, 0.05) is 24.8 Å². The van der Waals surface area contributed by atoms with Crippen molar-refractivity contribution < 1.29 is 23.1 Å². The molecule has 2 rings (SSSR count). The van der Waals surface area contributed by atoms with Crippen LogP contribution in [0.15, 0.2) is 12.1 Å². The molecule has 0 aliphatic heterocycles. The Kier molecular flexibility index (Phi) is 3.93. The smallest absolute Gasteiger partial charge is 0.169 e. The van der Waals surface area contributed by atoms with E-state index in [-0.39, 0.29) is 17.1 Å². The van der Waals surface area contributed by atoms with Gasteiger partial charge in [-0.3, -0.25) is 9.59 Å². The molecule has 1 fully saturated rings. The van der Waals surface area contributed by atoms with Crippen molar-refractivity contribution in [1.82, 2.24) is 0 Å². The number of ketones is 2. The third-order valence-electron chi connectivity index (χ3n) is 3.42. The number of carbonyl (C=O) groups excluding carboxylic acids is 2. The molecule has 0 aromatic heterocycles. The molecule has 1 aliphatic rings. The van der Waals surface area contributed by atoms with E-state index in [1.807, 2.05) is 0 Å². The molecule has 0 N–H and O–H groups in total. The van der Waals surface area contributed by atoms with E-state index in [2.05, 4.69) is 4.74 Å². The molecule has 102 valence electrons. The van der Waals surface area contributed by atoms with Crippen molar-refractivity contribution in [2.75, 3.05) is 7.11 Å². The van der Waals surface area contributed by atoms with Crippen molar-refractivity contribution in [2.24, 2.45) is 5.92 Å². The van der Waals surface area contributed by atoms with Gasteiger partial charge in [0.2, 0.25) is 0 Å². The molecule has 0 amide bonds. The first kappa shape index (κ1) is 13.6. The van der Waals surface area contributed by atoms with Gasteiger partial charge in [0.05, 0.1) is 12.7 Å². The van der Waals surface area contributed by atoms with E-state index in [1.165, 1.54) is 7.11 Å². The number of carbonyl (C=O) groups is 2. The van der Waals surface area contributed by atoms with Crippen LogP contribution < -0.4 is 4.74 Å². The van der Waals surface area contributed by atoms with E-state index >= 15 is 0 Å². The fraction of sp³-hybridized carbons (Fsp3) is 0.429. The number of methoxy groups -OCH3 is 1. The highest BCUT2D eigenvalue weighted by molar-refractivity contribution is 5.99. The average Bonchev–Trinajstić information content (AvgIpc) is 2.41. The topological polar surface area (TPSA) is 43.4 Å². The minimum Gasteiger partial charge on any atom is -0.494 e. The molecule has 0 unspecified atom stereocenters. The Morgan fingerprint density at radius 2 is 1.84 bits per heavy atom. The van der Waals surface area contributed by atoms with Crippen molar-refractivity contribution in [2.45, 2.75) is 25.7 Å². The Hall–Kier alpha value is -1.78. The highest BCUT2D eigenvalue weighted by Crippen LogP contribution is 2.28. The molecule has 1 aliphatic carbocycles. The first-order chi connectivity index (χ1) is 9.02. The van der Waals surface area contributed by atoms with Crippen LogP contribution in [-0.2, 0) is 4.79 Å². The van der Waals surface area contributed by atoms with Gasteiger partial charge in [-0.25, -0.2) is 8.78 Å². The van der Waals surface area contributed by atoms with E-state index in [0.717, 1.165) is 12.1 Å². The molecule has 1 saturated carbocycles. The second-order valence-electron chi connectivity index (χ2n) is 4.64. The molecule has 0 spiro atoms. The van der Waals surface area contributed by atoms with E-state index in [0.29, 0.717) is 25.7 Å². The Morgan fingerprint density at radius 3 is 2.42 bits per heavy atom. The van der Waals surface area contributed by atoms with Crippen LogP contribution in [0.25, 0.3) is 0 Å². The number of hydrogen-bond acceptors (Lipinski definition) is 3. The van der Waals surface area contributed by atoms with Crippen LogP contribution in [0.1, 0.15) is 36.0 Å². The summed E-state index contributed by atoms with van der Waals surface area (Å²) in [4.78, 5) is 23.2. The van der Waals surface area contributed by atoms with Gasteiger partial charge in [-0.05, 0) is 18.9 Å². The van der Waals surface area contributed by atoms with Crippen molar-refractivity contribution >= 4 is 11.6 Å². The van der Waals surface area contributed by atoms with Crippen molar-refractivity contribution in [3.63, 3.8) is 0 Å². The van der Waals surface area contributed by atoms with Crippen molar-refractivity contribution in [3.8, 4) is 5.75 Å². The molecule has 1 aromatic rings. The zero-order valence-corrected chi connectivity index (χ0v) is 10.5. The number of halogens is 2. The van der Waals surface area contributed by atoms with Crippen LogP contribution >= 0.6 is 0 Å². The van der Waals surface area contributed by atoms with E-state index < -0.39 is 23.3 Å². The number of ether oxygens (including phenoxy) is 1. The predicted molar refractivity (Wildman–Crippen MR) is 64.2 cm³/mol. The number of benzene rings is 1. The number of hydrogen-bond donors (Lipinski definition) is 0. The van der Waals surface area contributed by atoms with Crippen molar-refractivity contribution in [3.05, 3.63) is 29.3 Å².